The number of methoxy groups -OCH3 is 1. The molecular formula is C19H25N3OTi. The van der Waals surface area contributed by atoms with Gasteiger partial charge in [-0.3, -0.25) is 5.73 Å². The summed E-state index contributed by atoms with van der Waals surface area (Å²) in [6.07, 6.45) is -0.189. The summed E-state index contributed by atoms with van der Waals surface area (Å²) in [6, 6.07) is 12.5. The van der Waals surface area contributed by atoms with Gasteiger partial charge in [-0.05, 0) is 44.0 Å². The number of nitrogens with zero attached hydrogens (tertiary/aromatic N) is 2. The van der Waals surface area contributed by atoms with Crippen molar-refractivity contribution in [2.45, 2.75) is 27.1 Å². The van der Waals surface area contributed by atoms with E-state index in [0.29, 0.717) is 0 Å². The molecular weight excluding hydrogens is 334 g/mol. The molecule has 1 saturated heterocycles. The maximum Gasteiger partial charge on any atom is 0.155 e. The van der Waals surface area contributed by atoms with Crippen molar-refractivity contribution < 1.29 is 26.5 Å². The van der Waals surface area contributed by atoms with Crippen LogP contribution in [0.15, 0.2) is 36.4 Å². The maximum atomic E-state index is 6.58. The molecule has 1 fully saturated rings. The third kappa shape index (κ3) is 3.32. The van der Waals surface area contributed by atoms with Crippen molar-refractivity contribution in [1.82, 2.24) is 0 Å². The normalized spacial score (nSPS) is 17.0. The Morgan fingerprint density at radius 2 is 1.58 bits per heavy atom. The van der Waals surface area contributed by atoms with Crippen molar-refractivity contribution in [2.24, 2.45) is 5.73 Å². The van der Waals surface area contributed by atoms with Crippen LogP contribution in [0, 0.1) is 20.8 Å². The number of aryl methyl sites for hydroxylation is 3. The summed E-state index contributed by atoms with van der Waals surface area (Å²) in [5.74, 6) is 0.863. The number of benzene rings is 2. The monoisotopic (exact) mass is 359 g/mol. The Morgan fingerprint density at radius 3 is 2.21 bits per heavy atom. The van der Waals surface area contributed by atoms with Crippen LogP contribution in [0.1, 0.15) is 16.7 Å². The van der Waals surface area contributed by atoms with E-state index < -0.39 is 0 Å². The van der Waals surface area contributed by atoms with Crippen LogP contribution >= 0.6 is 0 Å². The molecule has 2 aromatic rings. The van der Waals surface area contributed by atoms with Crippen LogP contribution in [0.2, 0.25) is 0 Å². The minimum absolute atomic E-state index is 0. The minimum atomic E-state index is -0.189. The van der Waals surface area contributed by atoms with E-state index in [9.17, 15) is 0 Å². The van der Waals surface area contributed by atoms with Crippen molar-refractivity contribution in [3.05, 3.63) is 53.1 Å². The van der Waals surface area contributed by atoms with E-state index in [1.807, 2.05) is 18.2 Å². The third-order valence-corrected chi connectivity index (χ3v) is 4.54. The van der Waals surface area contributed by atoms with Gasteiger partial charge in [-0.2, -0.15) is 0 Å². The molecule has 1 atom stereocenters. The Labute approximate surface area is 159 Å². The second kappa shape index (κ2) is 7.60. The molecule has 0 radical (unpaired) electrons. The van der Waals surface area contributed by atoms with Gasteiger partial charge in [0, 0.05) is 40.5 Å². The van der Waals surface area contributed by atoms with Gasteiger partial charge < -0.3 is 14.5 Å². The average Bonchev–Trinajstić information content (AvgIpc) is 2.88. The minimum Gasteiger partial charge on any atom is -0.495 e. The molecule has 0 saturated carbocycles. The van der Waals surface area contributed by atoms with Crippen LogP contribution in [-0.2, 0) is 21.7 Å². The number of ether oxygens (including phenoxy) is 1. The SMILES string of the molecule is COc1ccccc1N1CCN(c2c(C)cc(C)cc2C)C1N.[Ti]. The van der Waals surface area contributed by atoms with E-state index in [4.69, 9.17) is 10.5 Å². The third-order valence-electron chi connectivity index (χ3n) is 4.54. The topological polar surface area (TPSA) is 41.7 Å². The van der Waals surface area contributed by atoms with E-state index in [1.165, 1.54) is 22.4 Å². The molecule has 0 spiro atoms. The van der Waals surface area contributed by atoms with Gasteiger partial charge in [-0.1, -0.05) is 29.8 Å². The van der Waals surface area contributed by atoms with Crippen LogP contribution in [0.25, 0.3) is 0 Å². The summed E-state index contributed by atoms with van der Waals surface area (Å²) in [7, 11) is 1.70. The molecule has 2 N–H and O–H groups in total. The second-order valence-corrected chi connectivity index (χ2v) is 6.22. The van der Waals surface area contributed by atoms with Crippen molar-refractivity contribution >= 4 is 11.4 Å². The number of anilines is 2. The second-order valence-electron chi connectivity index (χ2n) is 6.22. The van der Waals surface area contributed by atoms with Crippen LogP contribution in [0.4, 0.5) is 11.4 Å². The Balaban J connectivity index is 0.00000208. The van der Waals surface area contributed by atoms with E-state index in [-0.39, 0.29) is 28.0 Å². The van der Waals surface area contributed by atoms with Crippen LogP contribution in [0.3, 0.4) is 0 Å². The fraction of sp³-hybridized carbons (Fsp3) is 0.368. The Bertz CT molecular complexity index is 697. The predicted octanol–water partition coefficient (Wildman–Crippen LogP) is 3.19. The van der Waals surface area contributed by atoms with E-state index in [1.54, 1.807) is 7.11 Å². The van der Waals surface area contributed by atoms with Crippen LogP contribution < -0.4 is 20.3 Å². The molecule has 2 aromatic carbocycles. The molecule has 3 rings (SSSR count). The first-order valence-corrected chi connectivity index (χ1v) is 8.02. The van der Waals surface area contributed by atoms with Gasteiger partial charge in [0.05, 0.1) is 12.8 Å². The van der Waals surface area contributed by atoms with E-state index in [0.717, 1.165) is 24.5 Å². The van der Waals surface area contributed by atoms with Crippen molar-refractivity contribution in [1.29, 1.82) is 0 Å². The Hall–Kier alpha value is -1.49. The molecule has 24 heavy (non-hydrogen) atoms. The zero-order valence-corrected chi connectivity index (χ0v) is 16.4. The molecule has 126 valence electrons. The Kier molecular flexibility index (Phi) is 5.97. The maximum absolute atomic E-state index is 6.58. The molecule has 1 unspecified atom stereocenters. The average molecular weight is 359 g/mol. The smallest absolute Gasteiger partial charge is 0.155 e. The molecule has 4 nitrogen and oxygen atoms in total. The number of nitrogens with two attached hydrogens (primary N) is 1. The van der Waals surface area contributed by atoms with Crippen molar-refractivity contribution in [3.8, 4) is 5.75 Å². The number of rotatable bonds is 3. The van der Waals surface area contributed by atoms with Gasteiger partial charge in [0.15, 0.2) is 6.29 Å². The number of para-hydroxylation sites is 2. The summed E-state index contributed by atoms with van der Waals surface area (Å²) < 4.78 is 5.49. The van der Waals surface area contributed by atoms with Crippen LogP contribution in [-0.4, -0.2) is 26.5 Å². The predicted molar refractivity (Wildman–Crippen MR) is 96.3 cm³/mol. The standard InChI is InChI=1S/C19H25N3O.Ti/c1-13-11-14(2)18(15(3)12-13)22-10-9-21(19(22)20)16-7-5-6-8-17(16)23-4;/h5-8,11-12,19H,9-10,20H2,1-4H3;. The zero-order valence-electron chi connectivity index (χ0n) is 14.8. The van der Waals surface area contributed by atoms with Crippen molar-refractivity contribution in [2.75, 3.05) is 30.0 Å². The largest absolute Gasteiger partial charge is 0.495 e. The fourth-order valence-electron chi connectivity index (χ4n) is 3.65. The zero-order chi connectivity index (χ0) is 16.6. The first kappa shape index (κ1) is 18.8. The van der Waals surface area contributed by atoms with Gasteiger partial charge in [-0.15, -0.1) is 0 Å². The van der Waals surface area contributed by atoms with E-state index >= 15 is 0 Å². The van der Waals surface area contributed by atoms with Crippen molar-refractivity contribution in [3.63, 3.8) is 0 Å². The van der Waals surface area contributed by atoms with Gasteiger partial charge in [-0.25, -0.2) is 0 Å². The summed E-state index contributed by atoms with van der Waals surface area (Å²) in [4.78, 5) is 4.49. The van der Waals surface area contributed by atoms with Gasteiger partial charge in [0.25, 0.3) is 0 Å². The first-order valence-electron chi connectivity index (χ1n) is 8.02. The number of hydrogen-bond acceptors (Lipinski definition) is 4. The van der Waals surface area contributed by atoms with Gasteiger partial charge >= 0.3 is 0 Å². The molecule has 1 heterocycles. The van der Waals surface area contributed by atoms with Gasteiger partial charge in [0.2, 0.25) is 0 Å². The van der Waals surface area contributed by atoms with Gasteiger partial charge in [0.1, 0.15) is 5.75 Å². The molecule has 0 aliphatic carbocycles. The molecule has 1 aliphatic rings. The summed E-state index contributed by atoms with van der Waals surface area (Å²) in [6.45, 7) is 8.24. The molecule has 1 aliphatic heterocycles. The summed E-state index contributed by atoms with van der Waals surface area (Å²) >= 11 is 0. The first-order chi connectivity index (χ1) is 11.0. The van der Waals surface area contributed by atoms with E-state index in [2.05, 4.69) is 48.8 Å². The quantitative estimate of drug-likeness (QED) is 0.855. The Morgan fingerprint density at radius 1 is 1.00 bits per heavy atom. The van der Waals surface area contributed by atoms with Crippen LogP contribution in [0.5, 0.6) is 5.75 Å². The number of hydrogen-bond donors (Lipinski definition) is 1. The molecule has 0 bridgehead atoms. The summed E-state index contributed by atoms with van der Waals surface area (Å²) in [5.41, 5.74) is 12.7. The summed E-state index contributed by atoms with van der Waals surface area (Å²) in [5, 5.41) is 0. The molecule has 0 amide bonds. The molecule has 0 aromatic heterocycles. The fourth-order valence-corrected chi connectivity index (χ4v) is 3.65. The molecule has 5 heteroatoms.